The molecule has 2 aliphatic heterocycles. The first-order valence-electron chi connectivity index (χ1n) is 8.66. The highest BCUT2D eigenvalue weighted by Gasteiger charge is 2.62. The Morgan fingerprint density at radius 2 is 1.96 bits per heavy atom. The number of primary amides is 1. The zero-order chi connectivity index (χ0) is 16.4. The van der Waals surface area contributed by atoms with Crippen LogP contribution in [0.15, 0.2) is 0 Å². The average molecular weight is 321 g/mol. The highest BCUT2D eigenvalue weighted by molar-refractivity contribution is 6.15. The van der Waals surface area contributed by atoms with Crippen LogP contribution in [0.4, 0.5) is 0 Å². The van der Waals surface area contributed by atoms with E-state index in [9.17, 15) is 14.4 Å². The van der Waals surface area contributed by atoms with Gasteiger partial charge in [-0.1, -0.05) is 32.1 Å². The van der Waals surface area contributed by atoms with Crippen LogP contribution in [0.2, 0.25) is 0 Å². The lowest BCUT2D eigenvalue weighted by atomic mass is 9.80. The number of ether oxygens (including phenoxy) is 1. The first kappa shape index (κ1) is 16.4. The summed E-state index contributed by atoms with van der Waals surface area (Å²) in [6.07, 6.45) is 9.08. The topological polar surface area (TPSA) is 89.7 Å². The number of likely N-dealkylation sites (tertiary alicyclic amines) is 1. The molecule has 3 rings (SSSR count). The molecule has 3 aliphatic rings. The fourth-order valence-corrected chi connectivity index (χ4v) is 4.33. The van der Waals surface area contributed by atoms with E-state index in [2.05, 4.69) is 0 Å². The van der Waals surface area contributed by atoms with Gasteiger partial charge in [-0.25, -0.2) is 0 Å². The molecule has 0 spiro atoms. The van der Waals surface area contributed by atoms with Crippen LogP contribution >= 0.6 is 0 Å². The monoisotopic (exact) mass is 321 g/mol. The van der Waals surface area contributed by atoms with E-state index in [0.717, 1.165) is 19.3 Å². The lowest BCUT2D eigenvalue weighted by Crippen LogP contribution is -2.69. The summed E-state index contributed by atoms with van der Waals surface area (Å²) >= 11 is 0. The molecule has 1 saturated carbocycles. The molecule has 2 N–H and O–H groups in total. The fraction of sp³-hybridized carbons (Fsp3) is 0.765. The first-order chi connectivity index (χ1) is 11.1. The van der Waals surface area contributed by atoms with Gasteiger partial charge in [0.2, 0.25) is 11.4 Å². The average Bonchev–Trinajstić information content (AvgIpc) is 2.92. The maximum absolute atomic E-state index is 12.7. The van der Waals surface area contributed by atoms with Gasteiger partial charge in [0, 0.05) is 6.54 Å². The van der Waals surface area contributed by atoms with Crippen LogP contribution in [0.5, 0.6) is 0 Å². The minimum atomic E-state index is -1.58. The van der Waals surface area contributed by atoms with Crippen LogP contribution in [0.1, 0.15) is 51.4 Å². The molecule has 1 unspecified atom stereocenters. The minimum Gasteiger partial charge on any atom is -0.367 e. The number of carbonyl (C=O) groups is 3. The van der Waals surface area contributed by atoms with Gasteiger partial charge in [-0.2, -0.15) is 0 Å². The van der Waals surface area contributed by atoms with E-state index in [1.807, 2.05) is 0 Å². The van der Waals surface area contributed by atoms with Crippen molar-refractivity contribution in [2.75, 3.05) is 13.2 Å². The summed E-state index contributed by atoms with van der Waals surface area (Å²) in [4.78, 5) is 38.5. The van der Waals surface area contributed by atoms with Crippen molar-refractivity contribution >= 4 is 17.6 Å². The zero-order valence-electron chi connectivity index (χ0n) is 13.5. The molecule has 2 saturated heterocycles. The number of carbonyl (C=O) groups excluding carboxylic acids is 3. The number of rotatable bonds is 4. The second-order valence-electron chi connectivity index (χ2n) is 6.93. The molecule has 1 aliphatic carbocycles. The fourth-order valence-electron chi connectivity index (χ4n) is 4.33. The van der Waals surface area contributed by atoms with E-state index >= 15 is 0 Å². The molecule has 6 heteroatoms. The molecule has 3 fully saturated rings. The van der Waals surface area contributed by atoms with Crippen LogP contribution < -0.4 is 5.73 Å². The molecule has 2 atom stereocenters. The Bertz CT molecular complexity index is 501. The normalized spacial score (nSPS) is 31.9. The predicted molar refractivity (Wildman–Crippen MR) is 83.1 cm³/mol. The standard InChI is InChI=1S/C17H25N2O4/c18-16(22)17-13(20)11-23-14(17)7-4-10-19(17)15(21)9-8-12-5-2-1-3-6-12/h9,12,14H,1-8,10-11H2,(H2,18,22)/t14-,17?/m0/s1. The van der Waals surface area contributed by atoms with Crippen LogP contribution in [-0.4, -0.2) is 47.3 Å². The van der Waals surface area contributed by atoms with Crippen LogP contribution in [0, 0.1) is 12.3 Å². The second kappa shape index (κ2) is 6.59. The summed E-state index contributed by atoms with van der Waals surface area (Å²) < 4.78 is 5.45. The van der Waals surface area contributed by atoms with Gasteiger partial charge in [-0.15, -0.1) is 0 Å². The Kier molecular flexibility index (Phi) is 4.71. The summed E-state index contributed by atoms with van der Waals surface area (Å²) in [6.45, 7) is 0.245. The van der Waals surface area contributed by atoms with E-state index in [1.54, 1.807) is 6.42 Å². The molecule has 0 aromatic carbocycles. The zero-order valence-corrected chi connectivity index (χ0v) is 13.5. The van der Waals surface area contributed by atoms with Crippen molar-refractivity contribution in [3.05, 3.63) is 6.42 Å². The summed E-state index contributed by atoms with van der Waals surface area (Å²) in [6, 6.07) is 0. The van der Waals surface area contributed by atoms with Gasteiger partial charge in [-0.3, -0.25) is 14.4 Å². The van der Waals surface area contributed by atoms with Crippen molar-refractivity contribution in [2.24, 2.45) is 11.7 Å². The van der Waals surface area contributed by atoms with Gasteiger partial charge in [0.05, 0.1) is 12.5 Å². The number of piperidine rings is 1. The smallest absolute Gasteiger partial charge is 0.254 e. The molecule has 23 heavy (non-hydrogen) atoms. The Morgan fingerprint density at radius 3 is 2.65 bits per heavy atom. The Hall–Kier alpha value is -1.43. The number of fused-ring (bicyclic) bond motifs is 1. The van der Waals surface area contributed by atoms with Gasteiger partial charge >= 0.3 is 0 Å². The number of Topliss-reactive ketones (excluding diaryl/α,β-unsaturated/α-hetero) is 1. The van der Waals surface area contributed by atoms with Gasteiger partial charge in [0.15, 0.2) is 5.78 Å². The third kappa shape index (κ3) is 2.77. The summed E-state index contributed by atoms with van der Waals surface area (Å²) in [7, 11) is 0. The third-order valence-electron chi connectivity index (χ3n) is 5.57. The maximum atomic E-state index is 12.7. The van der Waals surface area contributed by atoms with Crippen LogP contribution in [0.3, 0.4) is 0 Å². The van der Waals surface area contributed by atoms with Crippen molar-refractivity contribution < 1.29 is 19.1 Å². The van der Waals surface area contributed by atoms with E-state index in [1.165, 1.54) is 24.2 Å². The van der Waals surface area contributed by atoms with E-state index in [4.69, 9.17) is 10.5 Å². The SMILES string of the molecule is NC(=O)C12C(=O)CO[C@H]1CCCN2C(=O)[CH]CC1CCCCC1. The minimum absolute atomic E-state index is 0.139. The van der Waals surface area contributed by atoms with Crippen LogP contribution in [0.25, 0.3) is 0 Å². The van der Waals surface area contributed by atoms with Gasteiger partial charge in [0.25, 0.3) is 5.91 Å². The number of hydrogen-bond acceptors (Lipinski definition) is 4. The molecule has 1 radical (unpaired) electrons. The highest BCUT2D eigenvalue weighted by atomic mass is 16.5. The van der Waals surface area contributed by atoms with Crippen molar-refractivity contribution in [1.29, 1.82) is 0 Å². The van der Waals surface area contributed by atoms with Gasteiger partial charge in [0.1, 0.15) is 6.61 Å². The van der Waals surface area contributed by atoms with E-state index in [-0.39, 0.29) is 18.3 Å². The van der Waals surface area contributed by atoms with Gasteiger partial charge in [-0.05, 0) is 25.2 Å². The first-order valence-corrected chi connectivity index (χ1v) is 8.66. The van der Waals surface area contributed by atoms with E-state index in [0.29, 0.717) is 25.3 Å². The van der Waals surface area contributed by atoms with Crippen molar-refractivity contribution in [2.45, 2.75) is 63.0 Å². The lowest BCUT2D eigenvalue weighted by molar-refractivity contribution is -0.156. The summed E-state index contributed by atoms with van der Waals surface area (Å²) in [5.74, 6) is -0.857. The third-order valence-corrected chi connectivity index (χ3v) is 5.57. The predicted octanol–water partition coefficient (Wildman–Crippen LogP) is 0.975. The summed E-state index contributed by atoms with van der Waals surface area (Å²) in [5.41, 5.74) is 3.97. The summed E-state index contributed by atoms with van der Waals surface area (Å²) in [5, 5.41) is 0. The van der Waals surface area contributed by atoms with Gasteiger partial charge < -0.3 is 15.4 Å². The van der Waals surface area contributed by atoms with Crippen molar-refractivity contribution in [3.63, 3.8) is 0 Å². The van der Waals surface area contributed by atoms with Crippen molar-refractivity contribution in [3.8, 4) is 0 Å². The quantitative estimate of drug-likeness (QED) is 0.782. The maximum Gasteiger partial charge on any atom is 0.254 e. The van der Waals surface area contributed by atoms with Crippen molar-refractivity contribution in [1.82, 2.24) is 4.90 Å². The Labute approximate surface area is 136 Å². The molecule has 2 heterocycles. The molecule has 0 aromatic heterocycles. The number of hydrogen-bond donors (Lipinski definition) is 1. The van der Waals surface area contributed by atoms with Crippen LogP contribution in [-0.2, 0) is 19.1 Å². The molecule has 6 nitrogen and oxygen atoms in total. The lowest BCUT2D eigenvalue weighted by Gasteiger charge is -2.44. The molecular weight excluding hydrogens is 296 g/mol. The molecule has 2 amide bonds. The number of amides is 2. The largest absolute Gasteiger partial charge is 0.367 e. The number of nitrogens with zero attached hydrogens (tertiary/aromatic N) is 1. The number of ketones is 1. The second-order valence-corrected chi connectivity index (χ2v) is 6.93. The number of nitrogens with two attached hydrogens (primary N) is 1. The molecular formula is C17H25N2O4. The molecule has 127 valence electrons. The molecule has 0 aromatic rings. The highest BCUT2D eigenvalue weighted by Crippen LogP contribution is 2.37. The Morgan fingerprint density at radius 1 is 1.22 bits per heavy atom. The molecule has 0 bridgehead atoms. The Balaban J connectivity index is 1.72. The van der Waals surface area contributed by atoms with E-state index < -0.39 is 17.6 Å².